The van der Waals surface area contributed by atoms with Gasteiger partial charge in [0.1, 0.15) is 0 Å². The maximum atomic E-state index is 2.55. The van der Waals surface area contributed by atoms with Gasteiger partial charge in [0.2, 0.25) is 0 Å². The first-order valence-corrected chi connectivity index (χ1v) is 14.7. The maximum absolute atomic E-state index is 2.55. The Balaban J connectivity index is 1.47. The Morgan fingerprint density at radius 2 is 1.15 bits per heavy atom. The monoisotopic (exact) mass is 620 g/mol. The van der Waals surface area contributed by atoms with Crippen LogP contribution in [0.2, 0.25) is 0 Å². The topological polar surface area (TPSA) is 9.34 Å². The lowest BCUT2D eigenvalue weighted by Gasteiger charge is -2.14. The second-order valence-corrected chi connectivity index (χ2v) is 12.0. The first-order valence-electron chi connectivity index (χ1n) is 13.8. The van der Waals surface area contributed by atoms with Crippen molar-refractivity contribution < 1.29 is 0 Å². The van der Waals surface area contributed by atoms with Crippen molar-refractivity contribution in [2.24, 2.45) is 0 Å². The summed E-state index contributed by atoms with van der Waals surface area (Å²) in [4.78, 5) is 0. The summed E-state index contributed by atoms with van der Waals surface area (Å²) >= 11 is 2.47. The quantitative estimate of drug-likeness (QED) is 0.162. The molecule has 1 atom stereocenters. The Morgan fingerprint density at radius 3 is 2.02 bits per heavy atom. The lowest BCUT2D eigenvalue weighted by atomic mass is 9.89. The highest BCUT2D eigenvalue weighted by Gasteiger charge is 2.31. The molecule has 10 rings (SSSR count). The van der Waals surface area contributed by atoms with Crippen molar-refractivity contribution >= 4 is 82.8 Å². The molecule has 3 heteroatoms. The fraction of sp³-hybridized carbons (Fsp3) is 0.0270. The van der Waals surface area contributed by atoms with E-state index in [4.69, 9.17) is 0 Å². The van der Waals surface area contributed by atoms with Crippen LogP contribution in [0.4, 0.5) is 0 Å². The molecule has 6 aromatic carbocycles. The number of nitrogens with zero attached hydrogens (tertiary/aromatic N) is 2. The van der Waals surface area contributed by atoms with Gasteiger partial charge >= 0.3 is 0 Å². The van der Waals surface area contributed by atoms with E-state index in [1.807, 2.05) is 0 Å². The normalized spacial score (nSPS) is 14.9. The van der Waals surface area contributed by atoms with Crippen molar-refractivity contribution in [3.05, 3.63) is 138 Å². The molecular formula is C37H21IN2. The van der Waals surface area contributed by atoms with Crippen LogP contribution in [0.25, 0.3) is 71.0 Å². The van der Waals surface area contributed by atoms with Crippen LogP contribution in [0, 0.1) is 0 Å². The van der Waals surface area contributed by atoms with Crippen LogP contribution < -0.4 is 0 Å². The van der Waals surface area contributed by atoms with Crippen LogP contribution in [0.1, 0.15) is 22.6 Å². The van der Waals surface area contributed by atoms with E-state index >= 15 is 0 Å². The first kappa shape index (κ1) is 21.5. The van der Waals surface area contributed by atoms with E-state index in [1.165, 1.54) is 87.7 Å². The van der Waals surface area contributed by atoms with E-state index in [0.717, 1.165) is 0 Å². The minimum absolute atomic E-state index is 0.239. The summed E-state index contributed by atoms with van der Waals surface area (Å²) < 4.78 is 4.88. The van der Waals surface area contributed by atoms with Crippen molar-refractivity contribution in [2.75, 3.05) is 0 Å². The number of hydrogen-bond donors (Lipinski definition) is 0. The predicted molar refractivity (Wildman–Crippen MR) is 176 cm³/mol. The molecule has 0 radical (unpaired) electrons. The van der Waals surface area contributed by atoms with Gasteiger partial charge in [-0.3, -0.25) is 2.78 Å². The van der Waals surface area contributed by atoms with Gasteiger partial charge in [-0.05, 0) is 63.5 Å². The minimum atomic E-state index is 0.239. The van der Waals surface area contributed by atoms with E-state index in [0.29, 0.717) is 0 Å². The summed E-state index contributed by atoms with van der Waals surface area (Å²) in [6, 6.07) is 45.4. The largest absolute Gasteiger partial charge is 0.308 e. The molecule has 3 heterocycles. The molecule has 2 nitrogen and oxygen atoms in total. The number of hydrogen-bond acceptors (Lipinski definition) is 0. The average molecular weight is 620 g/mol. The maximum Gasteiger partial charge on any atom is 0.0646 e. The molecule has 40 heavy (non-hydrogen) atoms. The molecule has 1 aliphatic carbocycles. The number of aromatic nitrogens is 2. The summed E-state index contributed by atoms with van der Waals surface area (Å²) in [7, 11) is 0. The lowest BCUT2D eigenvalue weighted by Crippen LogP contribution is -1.98. The van der Waals surface area contributed by atoms with Gasteiger partial charge in [0, 0.05) is 32.8 Å². The van der Waals surface area contributed by atoms with E-state index < -0.39 is 0 Å². The fourth-order valence-electron chi connectivity index (χ4n) is 7.69. The summed E-state index contributed by atoms with van der Waals surface area (Å²) in [6.07, 6.45) is 0. The zero-order valence-electron chi connectivity index (χ0n) is 21.4. The molecule has 3 aromatic heterocycles. The van der Waals surface area contributed by atoms with Gasteiger partial charge in [-0.15, -0.1) is 0 Å². The number of benzene rings is 6. The van der Waals surface area contributed by atoms with Crippen LogP contribution in [-0.4, -0.2) is 7.18 Å². The lowest BCUT2D eigenvalue weighted by molar-refractivity contribution is 1.02. The van der Waals surface area contributed by atoms with Crippen LogP contribution in [0.5, 0.6) is 0 Å². The van der Waals surface area contributed by atoms with Gasteiger partial charge in [-0.2, -0.15) is 0 Å². The number of rotatable bonds is 1. The average Bonchev–Trinajstić information content (AvgIpc) is 3.58. The number of para-hydroxylation sites is 1. The van der Waals surface area contributed by atoms with Gasteiger partial charge < -0.3 is 4.40 Å². The second-order valence-electron chi connectivity index (χ2n) is 11.1. The number of halogens is 1. The fourth-order valence-corrected chi connectivity index (χ4v) is 8.49. The standard InChI is InChI=1S/C37H21IN2/c38-40-31-17-7-13-24-25-14-6-15-26-28-19-29-27(22-11-4-5-12-23(22)34(29)21-9-2-1-3-10-21)20-33(28)39(37(25)26)30-16-8-18-32(40)36(30)35(24)31/h1-20,34H. The van der Waals surface area contributed by atoms with Crippen molar-refractivity contribution in [2.45, 2.75) is 5.92 Å². The second kappa shape index (κ2) is 7.43. The minimum Gasteiger partial charge on any atom is -0.308 e. The molecule has 1 aliphatic rings. The van der Waals surface area contributed by atoms with E-state index in [9.17, 15) is 0 Å². The van der Waals surface area contributed by atoms with Crippen molar-refractivity contribution in [3.8, 4) is 11.1 Å². The Bertz CT molecular complexity index is 2500. The zero-order chi connectivity index (χ0) is 26.1. The summed E-state index contributed by atoms with van der Waals surface area (Å²) in [5.74, 6) is 0.239. The van der Waals surface area contributed by atoms with Crippen LogP contribution in [-0.2, 0) is 0 Å². The van der Waals surface area contributed by atoms with Crippen molar-refractivity contribution in [1.82, 2.24) is 7.18 Å². The molecule has 0 bridgehead atoms. The van der Waals surface area contributed by atoms with Crippen molar-refractivity contribution in [3.63, 3.8) is 0 Å². The molecule has 9 aromatic rings. The summed E-state index contributed by atoms with van der Waals surface area (Å²) in [5.41, 5.74) is 13.2. The van der Waals surface area contributed by atoms with Gasteiger partial charge in [-0.25, -0.2) is 0 Å². The molecule has 186 valence electrons. The SMILES string of the molecule is In1c2cccc3c4cccc5c6cc7c(cc6n(c6cccc1c6c32)c45)-c1ccccc1C7c1ccccc1. The summed E-state index contributed by atoms with van der Waals surface area (Å²) in [5, 5.41) is 7.95. The third-order valence-electron chi connectivity index (χ3n) is 9.23. The Kier molecular flexibility index (Phi) is 3.99. The van der Waals surface area contributed by atoms with Gasteiger partial charge in [0.15, 0.2) is 0 Å². The molecule has 0 N–H and O–H groups in total. The Morgan fingerprint density at radius 1 is 0.475 bits per heavy atom. The van der Waals surface area contributed by atoms with Crippen LogP contribution in [0.3, 0.4) is 0 Å². The number of fused-ring (bicyclic) bond motifs is 8. The molecule has 0 saturated carbocycles. The molecule has 0 saturated heterocycles. The molecule has 0 fully saturated rings. The molecular weight excluding hydrogens is 599 g/mol. The third kappa shape index (κ3) is 2.46. The van der Waals surface area contributed by atoms with Gasteiger partial charge in [0.05, 0.1) is 50.4 Å². The van der Waals surface area contributed by atoms with Crippen LogP contribution in [0.15, 0.2) is 121 Å². The first-order chi connectivity index (χ1) is 19.8. The highest BCUT2D eigenvalue weighted by Crippen LogP contribution is 2.51. The molecule has 0 spiro atoms. The molecule has 0 aliphatic heterocycles. The molecule has 1 unspecified atom stereocenters. The molecule has 0 amide bonds. The van der Waals surface area contributed by atoms with Crippen molar-refractivity contribution in [1.29, 1.82) is 0 Å². The van der Waals surface area contributed by atoms with Crippen LogP contribution >= 0.6 is 22.9 Å². The highest BCUT2D eigenvalue weighted by molar-refractivity contribution is 14.1. The van der Waals surface area contributed by atoms with E-state index in [2.05, 4.69) is 151 Å². The highest BCUT2D eigenvalue weighted by atomic mass is 127. The summed E-state index contributed by atoms with van der Waals surface area (Å²) in [6.45, 7) is 0. The van der Waals surface area contributed by atoms with Gasteiger partial charge in [0.25, 0.3) is 0 Å². The Labute approximate surface area is 243 Å². The van der Waals surface area contributed by atoms with E-state index in [1.54, 1.807) is 0 Å². The smallest absolute Gasteiger partial charge is 0.0646 e. The van der Waals surface area contributed by atoms with Gasteiger partial charge in [-0.1, -0.05) is 91.0 Å². The zero-order valence-corrected chi connectivity index (χ0v) is 23.6. The van der Waals surface area contributed by atoms with E-state index in [-0.39, 0.29) is 5.92 Å². The third-order valence-corrected chi connectivity index (χ3v) is 10.3. The predicted octanol–water partition coefficient (Wildman–Crippen LogP) is 10.3. The Hall–Kier alpha value is -4.35.